The second-order valence-corrected chi connectivity index (χ2v) is 3.80. The van der Waals surface area contributed by atoms with Gasteiger partial charge in [-0.05, 0) is 31.0 Å². The topological polar surface area (TPSA) is 29.4 Å². The quantitative estimate of drug-likeness (QED) is 0.546. The Morgan fingerprint density at radius 1 is 1.50 bits per heavy atom. The van der Waals surface area contributed by atoms with Gasteiger partial charge in [0, 0.05) is 10.6 Å². The Morgan fingerprint density at radius 2 is 2.21 bits per heavy atom. The molecule has 0 aromatic heterocycles. The fourth-order valence-corrected chi connectivity index (χ4v) is 1.67. The van der Waals surface area contributed by atoms with Crippen molar-refractivity contribution >= 4 is 17.7 Å². The Bertz CT molecular complexity index is 422. The van der Waals surface area contributed by atoms with Gasteiger partial charge in [-0.25, -0.2) is 9.18 Å². The monoisotopic (exact) mass is 211 g/mol. The van der Waals surface area contributed by atoms with Crippen molar-refractivity contribution in [2.75, 3.05) is 0 Å². The lowest BCUT2D eigenvalue weighted by atomic mass is 10.1. The molecular weight excluding hydrogens is 205 g/mol. The molecule has 2 rings (SSSR count). The van der Waals surface area contributed by atoms with Crippen molar-refractivity contribution in [1.82, 2.24) is 0 Å². The minimum Gasteiger partial charge on any atom is -0.211 e. The molecule has 0 heterocycles. The highest BCUT2D eigenvalue weighted by atomic mass is 35.5. The van der Waals surface area contributed by atoms with E-state index in [1.165, 1.54) is 24.3 Å². The second-order valence-electron chi connectivity index (χ2n) is 3.36. The van der Waals surface area contributed by atoms with Crippen LogP contribution in [0.1, 0.15) is 18.4 Å². The number of carbonyl (C=O) groups excluding carboxylic acids is 1. The summed E-state index contributed by atoms with van der Waals surface area (Å²) in [6, 6.07) is 4.28. The van der Waals surface area contributed by atoms with E-state index in [1.54, 1.807) is 0 Å². The Balaban J connectivity index is 2.50. The van der Waals surface area contributed by atoms with Gasteiger partial charge in [-0.1, -0.05) is 11.6 Å². The van der Waals surface area contributed by atoms with E-state index in [4.69, 9.17) is 11.6 Å². The molecule has 1 aliphatic carbocycles. The maximum atomic E-state index is 13.4. The van der Waals surface area contributed by atoms with Gasteiger partial charge in [0.2, 0.25) is 6.08 Å². The van der Waals surface area contributed by atoms with E-state index >= 15 is 0 Å². The standard InChI is InChI=1S/C10H7ClFNO/c11-7-1-2-9(12)8(5-7)10(3-4-10)13-6-14/h1-2,5H,3-4H2. The summed E-state index contributed by atoms with van der Waals surface area (Å²) in [6.07, 6.45) is 2.84. The highest BCUT2D eigenvalue weighted by molar-refractivity contribution is 6.30. The first kappa shape index (κ1) is 9.38. The van der Waals surface area contributed by atoms with Crippen LogP contribution in [0, 0.1) is 5.82 Å². The molecule has 1 aromatic carbocycles. The number of halogens is 2. The Kier molecular flexibility index (Phi) is 2.14. The zero-order chi connectivity index (χ0) is 10.2. The summed E-state index contributed by atoms with van der Waals surface area (Å²) >= 11 is 5.74. The molecule has 4 heteroatoms. The van der Waals surface area contributed by atoms with E-state index in [9.17, 15) is 9.18 Å². The Hall–Kier alpha value is -1.18. The molecule has 1 fully saturated rings. The van der Waals surface area contributed by atoms with Crippen molar-refractivity contribution in [3.63, 3.8) is 0 Å². The molecule has 1 aromatic rings. The number of rotatable bonds is 2. The van der Waals surface area contributed by atoms with E-state index in [-0.39, 0.29) is 5.82 Å². The van der Waals surface area contributed by atoms with Gasteiger partial charge in [0.25, 0.3) is 0 Å². The fraction of sp³-hybridized carbons (Fsp3) is 0.300. The highest BCUT2D eigenvalue weighted by Gasteiger charge is 2.46. The van der Waals surface area contributed by atoms with Crippen molar-refractivity contribution < 1.29 is 9.18 Å². The first-order valence-corrected chi connectivity index (χ1v) is 4.60. The van der Waals surface area contributed by atoms with Gasteiger partial charge >= 0.3 is 0 Å². The van der Waals surface area contributed by atoms with Gasteiger partial charge in [-0.15, -0.1) is 0 Å². The highest BCUT2D eigenvalue weighted by Crippen LogP contribution is 2.50. The zero-order valence-electron chi connectivity index (χ0n) is 7.26. The van der Waals surface area contributed by atoms with E-state index in [1.807, 2.05) is 0 Å². The molecule has 0 unspecified atom stereocenters. The SMILES string of the molecule is O=C=NC1(c2cc(Cl)ccc2F)CC1. The third kappa shape index (κ3) is 1.45. The van der Waals surface area contributed by atoms with E-state index in [0.717, 1.165) is 0 Å². The summed E-state index contributed by atoms with van der Waals surface area (Å²) in [6.45, 7) is 0. The predicted octanol–water partition coefficient (Wildman–Crippen LogP) is 2.80. The van der Waals surface area contributed by atoms with Crippen LogP contribution in [-0.4, -0.2) is 6.08 Å². The summed E-state index contributed by atoms with van der Waals surface area (Å²) in [4.78, 5) is 13.8. The summed E-state index contributed by atoms with van der Waals surface area (Å²) in [7, 11) is 0. The molecule has 1 saturated carbocycles. The van der Waals surface area contributed by atoms with Crippen LogP contribution in [0.25, 0.3) is 0 Å². The van der Waals surface area contributed by atoms with Crippen LogP contribution in [-0.2, 0) is 10.3 Å². The molecule has 1 aliphatic rings. The zero-order valence-corrected chi connectivity index (χ0v) is 8.01. The molecule has 0 amide bonds. The summed E-state index contributed by atoms with van der Waals surface area (Å²) in [5.74, 6) is -0.370. The molecule has 0 atom stereocenters. The molecular formula is C10H7ClFNO. The average Bonchev–Trinajstić information content (AvgIpc) is 2.91. The summed E-state index contributed by atoms with van der Waals surface area (Å²) < 4.78 is 13.4. The maximum Gasteiger partial charge on any atom is 0.235 e. The number of hydrogen-bond donors (Lipinski definition) is 0. The van der Waals surface area contributed by atoms with Crippen LogP contribution in [0.2, 0.25) is 5.02 Å². The van der Waals surface area contributed by atoms with Gasteiger partial charge in [0.05, 0.1) is 0 Å². The molecule has 14 heavy (non-hydrogen) atoms. The van der Waals surface area contributed by atoms with Gasteiger partial charge in [0.15, 0.2) is 0 Å². The Morgan fingerprint density at radius 3 is 2.79 bits per heavy atom. The lowest BCUT2D eigenvalue weighted by Gasteiger charge is -2.09. The van der Waals surface area contributed by atoms with Gasteiger partial charge < -0.3 is 0 Å². The first-order valence-electron chi connectivity index (χ1n) is 4.22. The second kappa shape index (κ2) is 3.19. The van der Waals surface area contributed by atoms with Crippen molar-refractivity contribution in [3.8, 4) is 0 Å². The molecule has 0 saturated heterocycles. The van der Waals surface area contributed by atoms with Gasteiger partial charge in [-0.2, -0.15) is 4.99 Å². The van der Waals surface area contributed by atoms with Crippen LogP contribution in [0.4, 0.5) is 4.39 Å². The van der Waals surface area contributed by atoms with Crippen molar-refractivity contribution in [1.29, 1.82) is 0 Å². The molecule has 0 N–H and O–H groups in total. The predicted molar refractivity (Wildman–Crippen MR) is 50.4 cm³/mol. The fourth-order valence-electron chi connectivity index (χ4n) is 1.50. The average molecular weight is 212 g/mol. The third-order valence-electron chi connectivity index (χ3n) is 2.41. The molecule has 0 spiro atoms. The maximum absolute atomic E-state index is 13.4. The van der Waals surface area contributed by atoms with Crippen LogP contribution in [0.5, 0.6) is 0 Å². The van der Waals surface area contributed by atoms with Crippen molar-refractivity contribution in [2.24, 2.45) is 4.99 Å². The molecule has 0 radical (unpaired) electrons. The number of aliphatic imine (C=N–C) groups is 1. The van der Waals surface area contributed by atoms with Gasteiger partial charge in [0.1, 0.15) is 11.4 Å². The van der Waals surface area contributed by atoms with E-state index < -0.39 is 5.54 Å². The molecule has 72 valence electrons. The number of benzene rings is 1. The smallest absolute Gasteiger partial charge is 0.211 e. The van der Waals surface area contributed by atoms with Gasteiger partial charge in [-0.3, -0.25) is 0 Å². The normalized spacial score (nSPS) is 17.3. The minimum absolute atomic E-state index is 0.370. The molecule has 0 aliphatic heterocycles. The molecule has 0 bridgehead atoms. The number of nitrogens with zero attached hydrogens (tertiary/aromatic N) is 1. The molecule has 2 nitrogen and oxygen atoms in total. The van der Waals surface area contributed by atoms with Crippen LogP contribution in [0.3, 0.4) is 0 Å². The summed E-state index contributed by atoms with van der Waals surface area (Å²) in [5, 5.41) is 0.453. The Labute approximate surface area is 85.4 Å². The minimum atomic E-state index is -0.684. The largest absolute Gasteiger partial charge is 0.235 e. The third-order valence-corrected chi connectivity index (χ3v) is 2.65. The van der Waals surface area contributed by atoms with Crippen LogP contribution < -0.4 is 0 Å². The lowest BCUT2D eigenvalue weighted by Crippen LogP contribution is -2.05. The van der Waals surface area contributed by atoms with E-state index in [0.29, 0.717) is 23.4 Å². The van der Waals surface area contributed by atoms with E-state index in [2.05, 4.69) is 4.99 Å². The number of isocyanates is 1. The van der Waals surface area contributed by atoms with Crippen LogP contribution in [0.15, 0.2) is 23.2 Å². The van der Waals surface area contributed by atoms with Crippen molar-refractivity contribution in [2.45, 2.75) is 18.4 Å². The first-order chi connectivity index (χ1) is 6.68. The lowest BCUT2D eigenvalue weighted by molar-refractivity contribution is 0.548. The van der Waals surface area contributed by atoms with Crippen molar-refractivity contribution in [3.05, 3.63) is 34.6 Å². The van der Waals surface area contributed by atoms with Crippen LogP contribution >= 0.6 is 11.6 Å². The number of hydrogen-bond acceptors (Lipinski definition) is 2. The summed E-state index contributed by atoms with van der Waals surface area (Å²) in [5.41, 5.74) is -0.287.